The fourth-order valence-corrected chi connectivity index (χ4v) is 5.68. The Morgan fingerprint density at radius 2 is 1.59 bits per heavy atom. The Labute approximate surface area is 175 Å². The van der Waals surface area contributed by atoms with Gasteiger partial charge in [0, 0.05) is 16.3 Å². The van der Waals surface area contributed by atoms with Gasteiger partial charge in [-0.25, -0.2) is 26.2 Å². The molecule has 1 aromatic heterocycles. The van der Waals surface area contributed by atoms with E-state index >= 15 is 0 Å². The highest BCUT2D eigenvalue weighted by Crippen LogP contribution is 2.32. The third-order valence-corrected chi connectivity index (χ3v) is 7.30. The zero-order valence-corrected chi connectivity index (χ0v) is 17.1. The first-order valence-corrected chi connectivity index (χ1v) is 11.2. The molecule has 0 aliphatic heterocycles. The topological polar surface area (TPSA) is 52.0 Å². The number of thioether (sulfide) groups is 1. The van der Waals surface area contributed by atoms with Gasteiger partial charge in [-0.3, -0.25) is 0 Å². The van der Waals surface area contributed by atoms with Crippen molar-refractivity contribution in [3.63, 3.8) is 0 Å². The van der Waals surface area contributed by atoms with Crippen molar-refractivity contribution in [3.8, 4) is 0 Å². The lowest BCUT2D eigenvalue weighted by Gasteiger charge is -2.11. The van der Waals surface area contributed by atoms with E-state index in [0.29, 0.717) is 16.1 Å². The molecule has 4 rings (SSSR count). The zero-order chi connectivity index (χ0) is 20.6. The van der Waals surface area contributed by atoms with E-state index in [0.717, 1.165) is 27.9 Å². The first-order valence-electron chi connectivity index (χ1n) is 8.42. The molecule has 0 aliphatic carbocycles. The largest absolute Gasteiger partial charge is 0.270 e. The van der Waals surface area contributed by atoms with Crippen LogP contribution in [0.1, 0.15) is 5.56 Å². The molecule has 0 fully saturated rings. The maximum Gasteiger partial charge on any atom is 0.270 e. The van der Waals surface area contributed by atoms with E-state index in [1.54, 1.807) is 24.3 Å². The first-order chi connectivity index (χ1) is 13.9. The van der Waals surface area contributed by atoms with E-state index in [9.17, 15) is 17.2 Å². The van der Waals surface area contributed by atoms with Crippen molar-refractivity contribution < 1.29 is 17.2 Å². The van der Waals surface area contributed by atoms with Gasteiger partial charge >= 0.3 is 0 Å². The molecule has 4 nitrogen and oxygen atoms in total. The SMILES string of the molecule is O=S(=O)(c1ccc(Cl)cc1)n1c(SCc2c(F)cccc2F)nc2ccccc21. The Balaban J connectivity index is 1.82. The molecule has 0 bridgehead atoms. The van der Waals surface area contributed by atoms with Gasteiger partial charge in [-0.15, -0.1) is 0 Å². The first kappa shape index (κ1) is 19.9. The molecule has 29 heavy (non-hydrogen) atoms. The molecular formula is C20H13ClF2N2O2S2. The van der Waals surface area contributed by atoms with Crippen molar-refractivity contribution in [2.24, 2.45) is 0 Å². The number of benzene rings is 3. The van der Waals surface area contributed by atoms with E-state index in [-0.39, 0.29) is 21.4 Å². The smallest absolute Gasteiger partial charge is 0.222 e. The molecule has 0 radical (unpaired) electrons. The normalized spacial score (nSPS) is 11.8. The lowest BCUT2D eigenvalue weighted by atomic mass is 10.2. The van der Waals surface area contributed by atoms with Crippen LogP contribution in [0.2, 0.25) is 5.02 Å². The minimum Gasteiger partial charge on any atom is -0.222 e. The molecule has 9 heteroatoms. The second-order valence-electron chi connectivity index (χ2n) is 6.10. The molecule has 4 aromatic rings. The van der Waals surface area contributed by atoms with Crippen LogP contribution in [-0.2, 0) is 15.8 Å². The second-order valence-corrected chi connectivity index (χ2v) is 9.26. The molecule has 0 amide bonds. The maximum atomic E-state index is 14.0. The molecule has 0 unspecified atom stereocenters. The molecule has 0 spiro atoms. The third-order valence-electron chi connectivity index (χ3n) is 4.25. The number of rotatable bonds is 5. The van der Waals surface area contributed by atoms with Crippen LogP contribution < -0.4 is 0 Å². The van der Waals surface area contributed by atoms with Gasteiger partial charge in [-0.2, -0.15) is 0 Å². The van der Waals surface area contributed by atoms with E-state index in [2.05, 4.69) is 4.98 Å². The van der Waals surface area contributed by atoms with Gasteiger partial charge in [-0.1, -0.05) is 41.6 Å². The number of hydrogen-bond acceptors (Lipinski definition) is 4. The molecular weight excluding hydrogens is 438 g/mol. The highest BCUT2D eigenvalue weighted by atomic mass is 35.5. The fourth-order valence-electron chi connectivity index (χ4n) is 2.82. The van der Waals surface area contributed by atoms with Crippen LogP contribution in [0.3, 0.4) is 0 Å². The van der Waals surface area contributed by atoms with Crippen LogP contribution in [0.5, 0.6) is 0 Å². The third kappa shape index (κ3) is 3.75. The van der Waals surface area contributed by atoms with Gasteiger partial charge in [0.2, 0.25) is 0 Å². The van der Waals surface area contributed by atoms with Gasteiger partial charge < -0.3 is 0 Å². The molecule has 0 saturated heterocycles. The van der Waals surface area contributed by atoms with Crippen LogP contribution in [0.4, 0.5) is 8.78 Å². The molecule has 0 atom stereocenters. The van der Waals surface area contributed by atoms with E-state index in [1.165, 1.54) is 30.3 Å². The number of hydrogen-bond donors (Lipinski definition) is 0. The van der Waals surface area contributed by atoms with Crippen LogP contribution in [0, 0.1) is 11.6 Å². The Hall–Kier alpha value is -2.42. The Morgan fingerprint density at radius 3 is 2.28 bits per heavy atom. The van der Waals surface area contributed by atoms with Gasteiger partial charge in [-0.05, 0) is 48.5 Å². The highest BCUT2D eigenvalue weighted by Gasteiger charge is 2.25. The van der Waals surface area contributed by atoms with Crippen molar-refractivity contribution in [3.05, 3.63) is 89.0 Å². The van der Waals surface area contributed by atoms with Crippen molar-refractivity contribution >= 4 is 44.4 Å². The van der Waals surface area contributed by atoms with Crippen molar-refractivity contribution in [2.75, 3.05) is 0 Å². The Kier molecular flexibility index (Phi) is 5.33. The number of para-hydroxylation sites is 2. The summed E-state index contributed by atoms with van der Waals surface area (Å²) in [7, 11) is -4.01. The average molecular weight is 451 g/mol. The van der Waals surface area contributed by atoms with E-state index in [4.69, 9.17) is 11.6 Å². The minimum atomic E-state index is -4.01. The molecule has 0 N–H and O–H groups in total. The number of nitrogens with zero attached hydrogens (tertiary/aromatic N) is 2. The lowest BCUT2D eigenvalue weighted by molar-refractivity contribution is 0.566. The summed E-state index contributed by atoms with van der Waals surface area (Å²) in [4.78, 5) is 4.40. The predicted molar refractivity (Wildman–Crippen MR) is 110 cm³/mol. The summed E-state index contributed by atoms with van der Waals surface area (Å²) in [5.41, 5.74) is 0.695. The van der Waals surface area contributed by atoms with Crippen molar-refractivity contribution in [1.29, 1.82) is 0 Å². The standard InChI is InChI=1S/C20H13ClF2N2O2S2/c21-13-8-10-14(11-9-13)29(26,27)25-19-7-2-1-6-18(19)24-20(25)28-12-15-16(22)4-3-5-17(15)23/h1-11H,12H2. The van der Waals surface area contributed by atoms with Crippen molar-refractivity contribution in [1.82, 2.24) is 8.96 Å². The molecule has 0 aliphatic rings. The Bertz CT molecular complexity index is 1290. The van der Waals surface area contributed by atoms with Gasteiger partial charge in [0.05, 0.1) is 15.9 Å². The van der Waals surface area contributed by atoms with Gasteiger partial charge in [0.1, 0.15) is 11.6 Å². The predicted octanol–water partition coefficient (Wildman–Crippen LogP) is 5.50. The summed E-state index contributed by atoms with van der Waals surface area (Å²) in [5.74, 6) is -1.50. The number of imidazole rings is 1. The van der Waals surface area contributed by atoms with Crippen LogP contribution in [0.25, 0.3) is 11.0 Å². The summed E-state index contributed by atoms with van der Waals surface area (Å²) < 4.78 is 55.7. The summed E-state index contributed by atoms with van der Waals surface area (Å²) in [5, 5.41) is 0.521. The summed E-state index contributed by atoms with van der Waals surface area (Å²) >= 11 is 6.82. The number of aromatic nitrogens is 2. The molecule has 148 valence electrons. The zero-order valence-electron chi connectivity index (χ0n) is 14.7. The highest BCUT2D eigenvalue weighted by molar-refractivity contribution is 7.99. The average Bonchev–Trinajstić information content (AvgIpc) is 3.07. The van der Waals surface area contributed by atoms with Gasteiger partial charge in [0.25, 0.3) is 10.0 Å². The maximum absolute atomic E-state index is 14.0. The molecule has 0 saturated carbocycles. The second kappa shape index (κ2) is 7.78. The van der Waals surface area contributed by atoms with Crippen LogP contribution in [-0.4, -0.2) is 17.4 Å². The Morgan fingerprint density at radius 1 is 0.931 bits per heavy atom. The van der Waals surface area contributed by atoms with E-state index < -0.39 is 21.7 Å². The number of fused-ring (bicyclic) bond motifs is 1. The monoisotopic (exact) mass is 450 g/mol. The summed E-state index contributed by atoms with van der Waals surface area (Å²) in [6.07, 6.45) is 0. The summed E-state index contributed by atoms with van der Waals surface area (Å²) in [6, 6.07) is 16.1. The lowest BCUT2D eigenvalue weighted by Crippen LogP contribution is -2.14. The van der Waals surface area contributed by atoms with Crippen LogP contribution in [0.15, 0.2) is 76.8 Å². The quantitative estimate of drug-likeness (QED) is 0.377. The minimum absolute atomic E-state index is 0.0315. The van der Waals surface area contributed by atoms with Gasteiger partial charge in [0.15, 0.2) is 5.16 Å². The van der Waals surface area contributed by atoms with E-state index in [1.807, 2.05) is 0 Å². The molecule has 1 heterocycles. The molecule has 3 aromatic carbocycles. The van der Waals surface area contributed by atoms with Crippen molar-refractivity contribution in [2.45, 2.75) is 15.8 Å². The summed E-state index contributed by atoms with van der Waals surface area (Å²) in [6.45, 7) is 0. The fraction of sp³-hybridized carbons (Fsp3) is 0.0500. The van der Waals surface area contributed by atoms with Crippen LogP contribution >= 0.6 is 23.4 Å². The number of halogens is 3.